The number of amides is 2. The molecule has 0 saturated carbocycles. The highest BCUT2D eigenvalue weighted by atomic mass is 32.1. The van der Waals surface area contributed by atoms with Crippen molar-refractivity contribution >= 4 is 34.8 Å². The van der Waals surface area contributed by atoms with Gasteiger partial charge in [0, 0.05) is 45.8 Å². The molecule has 0 radical (unpaired) electrons. The highest BCUT2D eigenvalue weighted by molar-refractivity contribution is 7.13. The van der Waals surface area contributed by atoms with E-state index in [0.29, 0.717) is 36.6 Å². The molecule has 6 N–H and O–H groups in total. The molecule has 9 nitrogen and oxygen atoms in total. The smallest absolute Gasteiger partial charge is 0.355 e. The Hall–Kier alpha value is -4.54. The SMILES string of the molecule is NCc1ccc(NC(=O)c2cc3c(cc2-c2ccc(C(N)=O)nc2C(=O)O)OCCc2ccsc2-3)cc1. The Bertz CT molecular complexity index is 1550. The highest BCUT2D eigenvalue weighted by Gasteiger charge is 2.26. The van der Waals surface area contributed by atoms with Crippen molar-refractivity contribution in [3.63, 3.8) is 0 Å². The summed E-state index contributed by atoms with van der Waals surface area (Å²) in [5.74, 6) is -2.15. The number of pyridine rings is 1. The van der Waals surface area contributed by atoms with Gasteiger partial charge in [0.1, 0.15) is 11.4 Å². The number of aromatic carboxylic acids is 1. The zero-order valence-corrected chi connectivity index (χ0v) is 20.3. The Labute approximate surface area is 215 Å². The Morgan fingerprint density at radius 3 is 2.51 bits per heavy atom. The number of carbonyl (C=O) groups is 3. The monoisotopic (exact) mass is 514 g/mol. The molecule has 4 aromatic rings. The third-order valence-corrected chi connectivity index (χ3v) is 7.06. The number of nitrogens with one attached hydrogen (secondary N) is 1. The molecule has 3 heterocycles. The lowest BCUT2D eigenvalue weighted by Crippen LogP contribution is -2.17. The van der Waals surface area contributed by atoms with Crippen LogP contribution >= 0.6 is 11.3 Å². The van der Waals surface area contributed by atoms with Gasteiger partial charge in [0.15, 0.2) is 5.69 Å². The van der Waals surface area contributed by atoms with Crippen LogP contribution in [-0.4, -0.2) is 34.5 Å². The van der Waals surface area contributed by atoms with Gasteiger partial charge in [0.05, 0.1) is 6.61 Å². The molecule has 10 heteroatoms. The van der Waals surface area contributed by atoms with Crippen LogP contribution in [0.2, 0.25) is 0 Å². The van der Waals surface area contributed by atoms with E-state index in [0.717, 1.165) is 21.6 Å². The molecular formula is C27H22N4O5S. The lowest BCUT2D eigenvalue weighted by atomic mass is 9.93. The van der Waals surface area contributed by atoms with E-state index < -0.39 is 23.5 Å². The van der Waals surface area contributed by atoms with Crippen LogP contribution < -0.4 is 21.5 Å². The number of carbonyl (C=O) groups excluding carboxylic acids is 2. The molecule has 0 aliphatic carbocycles. The van der Waals surface area contributed by atoms with Crippen molar-refractivity contribution in [3.8, 4) is 27.3 Å². The van der Waals surface area contributed by atoms with Crippen LogP contribution in [0.1, 0.15) is 42.5 Å². The summed E-state index contributed by atoms with van der Waals surface area (Å²) in [5, 5.41) is 14.7. The van der Waals surface area contributed by atoms with E-state index in [1.165, 1.54) is 12.1 Å². The third kappa shape index (κ3) is 4.67. The maximum absolute atomic E-state index is 13.6. The lowest BCUT2D eigenvalue weighted by molar-refractivity contribution is 0.0691. The van der Waals surface area contributed by atoms with Gasteiger partial charge in [-0.2, -0.15) is 0 Å². The number of hydrogen-bond donors (Lipinski definition) is 4. The van der Waals surface area contributed by atoms with Gasteiger partial charge in [-0.05, 0) is 59.0 Å². The van der Waals surface area contributed by atoms with Gasteiger partial charge < -0.3 is 26.6 Å². The number of nitrogens with zero attached hydrogens (tertiary/aromatic N) is 1. The Kier molecular flexibility index (Phi) is 6.43. The quantitative estimate of drug-likeness (QED) is 0.304. The molecule has 5 rings (SSSR count). The number of benzene rings is 2. The van der Waals surface area contributed by atoms with Crippen molar-refractivity contribution in [1.29, 1.82) is 0 Å². The lowest BCUT2D eigenvalue weighted by Gasteiger charge is -2.17. The van der Waals surface area contributed by atoms with Gasteiger partial charge in [-0.1, -0.05) is 12.1 Å². The van der Waals surface area contributed by atoms with Crippen LogP contribution in [0.25, 0.3) is 21.6 Å². The molecule has 2 aromatic carbocycles. The van der Waals surface area contributed by atoms with Gasteiger partial charge in [-0.3, -0.25) is 9.59 Å². The topological polar surface area (TPSA) is 158 Å². The molecule has 1 aliphatic rings. The molecular weight excluding hydrogens is 492 g/mol. The van der Waals surface area contributed by atoms with Gasteiger partial charge in [-0.25, -0.2) is 9.78 Å². The number of primary amides is 1. The van der Waals surface area contributed by atoms with E-state index in [4.69, 9.17) is 16.2 Å². The highest BCUT2D eigenvalue weighted by Crippen LogP contribution is 2.43. The molecule has 186 valence electrons. The minimum atomic E-state index is -1.36. The second-order valence-electron chi connectivity index (χ2n) is 8.38. The first-order valence-corrected chi connectivity index (χ1v) is 12.3. The van der Waals surface area contributed by atoms with Crippen molar-refractivity contribution in [2.24, 2.45) is 11.5 Å². The molecule has 0 saturated heterocycles. The van der Waals surface area contributed by atoms with Crippen LogP contribution in [0.5, 0.6) is 5.75 Å². The van der Waals surface area contributed by atoms with Crippen LogP contribution in [0.4, 0.5) is 5.69 Å². The molecule has 0 unspecified atom stereocenters. The minimum absolute atomic E-state index is 0.156. The van der Waals surface area contributed by atoms with Crippen molar-refractivity contribution in [1.82, 2.24) is 4.98 Å². The van der Waals surface area contributed by atoms with E-state index in [-0.39, 0.29) is 16.8 Å². The largest absolute Gasteiger partial charge is 0.493 e. The summed E-state index contributed by atoms with van der Waals surface area (Å²) in [6, 6.07) is 15.3. The second-order valence-corrected chi connectivity index (χ2v) is 9.30. The summed E-state index contributed by atoms with van der Waals surface area (Å²) in [7, 11) is 0. The fourth-order valence-corrected chi connectivity index (χ4v) is 5.20. The van der Waals surface area contributed by atoms with E-state index in [1.54, 1.807) is 35.6 Å². The maximum atomic E-state index is 13.6. The molecule has 2 amide bonds. The minimum Gasteiger partial charge on any atom is -0.493 e. The summed E-state index contributed by atoms with van der Waals surface area (Å²) < 4.78 is 6.01. The molecule has 0 fully saturated rings. The first-order valence-electron chi connectivity index (χ1n) is 11.4. The van der Waals surface area contributed by atoms with E-state index in [1.807, 2.05) is 23.6 Å². The van der Waals surface area contributed by atoms with Crippen LogP contribution in [0.15, 0.2) is 60.0 Å². The first-order chi connectivity index (χ1) is 17.9. The van der Waals surface area contributed by atoms with Gasteiger partial charge in [-0.15, -0.1) is 11.3 Å². The predicted octanol–water partition coefficient (Wildman–Crippen LogP) is 3.92. The number of ether oxygens (including phenoxy) is 1. The van der Waals surface area contributed by atoms with Crippen molar-refractivity contribution in [2.45, 2.75) is 13.0 Å². The second kappa shape index (κ2) is 9.84. The summed E-state index contributed by atoms with van der Waals surface area (Å²) >= 11 is 1.54. The molecule has 0 spiro atoms. The van der Waals surface area contributed by atoms with E-state index in [2.05, 4.69) is 10.3 Å². The standard InChI is InChI=1S/C27H22N4O5S/c28-13-14-1-3-16(4-2-14)30-26(33)19-11-20-22(36-9-7-15-8-10-37-24(15)20)12-18(19)17-5-6-21(25(29)32)31-23(17)27(34)35/h1-6,8,10-12H,7,9,13,28H2,(H2,29,32)(H,30,33)(H,34,35). The van der Waals surface area contributed by atoms with Crippen LogP contribution in [-0.2, 0) is 13.0 Å². The van der Waals surface area contributed by atoms with Gasteiger partial charge >= 0.3 is 5.97 Å². The zero-order valence-electron chi connectivity index (χ0n) is 19.5. The number of carboxylic acid groups (broad SMARTS) is 1. The Balaban J connectivity index is 1.69. The Morgan fingerprint density at radius 2 is 1.81 bits per heavy atom. The van der Waals surface area contributed by atoms with Crippen LogP contribution in [0, 0.1) is 0 Å². The van der Waals surface area contributed by atoms with Crippen LogP contribution in [0.3, 0.4) is 0 Å². The molecule has 2 aromatic heterocycles. The summed E-state index contributed by atoms with van der Waals surface area (Å²) in [5.41, 5.74) is 14.4. The number of fused-ring (bicyclic) bond motifs is 3. The van der Waals surface area contributed by atoms with Gasteiger partial charge in [0.2, 0.25) is 0 Å². The number of hydrogen-bond acceptors (Lipinski definition) is 7. The summed E-state index contributed by atoms with van der Waals surface area (Å²) in [6.45, 7) is 0.804. The fourth-order valence-electron chi connectivity index (χ4n) is 4.23. The van der Waals surface area contributed by atoms with Crippen molar-refractivity contribution in [2.75, 3.05) is 11.9 Å². The van der Waals surface area contributed by atoms with Crippen molar-refractivity contribution in [3.05, 3.63) is 88.1 Å². The number of thiophene rings is 1. The predicted molar refractivity (Wildman–Crippen MR) is 140 cm³/mol. The number of aromatic nitrogens is 1. The molecule has 37 heavy (non-hydrogen) atoms. The molecule has 0 bridgehead atoms. The summed E-state index contributed by atoms with van der Waals surface area (Å²) in [6.07, 6.45) is 0.701. The third-order valence-electron chi connectivity index (χ3n) is 6.07. The number of carboxylic acids is 1. The molecule has 0 atom stereocenters. The fraction of sp³-hybridized carbons (Fsp3) is 0.111. The molecule has 1 aliphatic heterocycles. The summed E-state index contributed by atoms with van der Waals surface area (Å²) in [4.78, 5) is 42.3. The average Bonchev–Trinajstić information content (AvgIpc) is 3.29. The number of rotatable bonds is 6. The normalized spacial score (nSPS) is 12.0. The zero-order chi connectivity index (χ0) is 26.1. The maximum Gasteiger partial charge on any atom is 0.355 e. The first kappa shape index (κ1) is 24.2. The average molecular weight is 515 g/mol. The number of nitrogens with two attached hydrogens (primary N) is 2. The Morgan fingerprint density at radius 1 is 1.03 bits per heavy atom. The van der Waals surface area contributed by atoms with Gasteiger partial charge in [0.25, 0.3) is 11.8 Å². The van der Waals surface area contributed by atoms with Crippen molar-refractivity contribution < 1.29 is 24.2 Å². The number of anilines is 1. The van der Waals surface area contributed by atoms with E-state index in [9.17, 15) is 19.5 Å². The van der Waals surface area contributed by atoms with E-state index >= 15 is 0 Å².